The molecule has 0 unspecified atom stereocenters. The lowest BCUT2D eigenvalue weighted by atomic mass is 10.1. The highest BCUT2D eigenvalue weighted by atomic mass is 19.1. The van der Waals surface area contributed by atoms with Crippen molar-refractivity contribution in [3.63, 3.8) is 0 Å². The van der Waals surface area contributed by atoms with E-state index in [4.69, 9.17) is 10.5 Å². The van der Waals surface area contributed by atoms with Gasteiger partial charge in [-0.05, 0) is 42.8 Å². The van der Waals surface area contributed by atoms with Crippen molar-refractivity contribution in [1.82, 2.24) is 0 Å². The number of nitrogens with one attached hydrogen (secondary N) is 1. The van der Waals surface area contributed by atoms with Crippen molar-refractivity contribution in [3.8, 4) is 5.75 Å². The predicted octanol–water partition coefficient (Wildman–Crippen LogP) is 2.25. The molecule has 5 nitrogen and oxygen atoms in total. The monoisotopic (exact) mass is 302 g/mol. The number of hydrogen-bond donors (Lipinski definition) is 2. The van der Waals surface area contributed by atoms with Crippen molar-refractivity contribution in [2.45, 2.75) is 6.92 Å². The van der Waals surface area contributed by atoms with Crippen LogP contribution in [0.1, 0.15) is 15.9 Å². The third-order valence-electron chi connectivity index (χ3n) is 2.87. The Morgan fingerprint density at radius 3 is 2.68 bits per heavy atom. The molecule has 2 aromatic rings. The van der Waals surface area contributed by atoms with Crippen LogP contribution in [0.3, 0.4) is 0 Å². The Labute approximate surface area is 126 Å². The molecule has 0 fully saturated rings. The van der Waals surface area contributed by atoms with Crippen molar-refractivity contribution in [2.75, 3.05) is 11.9 Å². The van der Waals surface area contributed by atoms with E-state index in [1.54, 1.807) is 18.2 Å². The predicted molar refractivity (Wildman–Crippen MR) is 80.2 cm³/mol. The van der Waals surface area contributed by atoms with E-state index in [0.29, 0.717) is 5.69 Å². The van der Waals surface area contributed by atoms with Crippen LogP contribution in [0.2, 0.25) is 0 Å². The van der Waals surface area contributed by atoms with Crippen molar-refractivity contribution in [1.29, 1.82) is 0 Å². The van der Waals surface area contributed by atoms with E-state index in [9.17, 15) is 14.0 Å². The molecule has 2 amide bonds. The van der Waals surface area contributed by atoms with E-state index in [0.717, 1.165) is 5.56 Å². The maximum Gasteiger partial charge on any atom is 0.262 e. The first-order valence-electron chi connectivity index (χ1n) is 6.54. The summed E-state index contributed by atoms with van der Waals surface area (Å²) in [6.07, 6.45) is 0. The number of primary amides is 1. The molecule has 0 aromatic heterocycles. The first-order valence-corrected chi connectivity index (χ1v) is 6.54. The summed E-state index contributed by atoms with van der Waals surface area (Å²) < 4.78 is 18.4. The second-order valence-corrected chi connectivity index (χ2v) is 4.71. The molecule has 0 saturated carbocycles. The van der Waals surface area contributed by atoms with Gasteiger partial charge in [-0.2, -0.15) is 0 Å². The number of carbonyl (C=O) groups excluding carboxylic acids is 2. The van der Waals surface area contributed by atoms with Gasteiger partial charge in [0.15, 0.2) is 6.61 Å². The molecule has 0 aliphatic heterocycles. The van der Waals surface area contributed by atoms with Crippen LogP contribution in [0.4, 0.5) is 10.1 Å². The largest absolute Gasteiger partial charge is 0.483 e. The molecule has 3 N–H and O–H groups in total. The third-order valence-corrected chi connectivity index (χ3v) is 2.87. The van der Waals surface area contributed by atoms with Crippen LogP contribution in [0.15, 0.2) is 42.5 Å². The number of aryl methyl sites for hydroxylation is 1. The first-order chi connectivity index (χ1) is 10.5. The normalized spacial score (nSPS) is 10.1. The van der Waals surface area contributed by atoms with Crippen LogP contribution >= 0.6 is 0 Å². The maximum atomic E-state index is 13.0. The zero-order valence-electron chi connectivity index (χ0n) is 11.9. The Morgan fingerprint density at radius 2 is 2.00 bits per heavy atom. The molecule has 0 heterocycles. The fourth-order valence-corrected chi connectivity index (χ4v) is 1.86. The van der Waals surface area contributed by atoms with E-state index >= 15 is 0 Å². The number of hydrogen-bond acceptors (Lipinski definition) is 3. The van der Waals surface area contributed by atoms with Crippen molar-refractivity contribution in [2.24, 2.45) is 5.73 Å². The van der Waals surface area contributed by atoms with E-state index < -0.39 is 17.6 Å². The second-order valence-electron chi connectivity index (χ2n) is 4.71. The Kier molecular flexibility index (Phi) is 4.73. The zero-order chi connectivity index (χ0) is 16.1. The van der Waals surface area contributed by atoms with Crippen molar-refractivity contribution in [3.05, 3.63) is 59.4 Å². The average molecular weight is 302 g/mol. The van der Waals surface area contributed by atoms with Gasteiger partial charge in [-0.15, -0.1) is 0 Å². The maximum absolute atomic E-state index is 13.0. The molecule has 0 radical (unpaired) electrons. The van der Waals surface area contributed by atoms with Gasteiger partial charge in [0.1, 0.15) is 11.6 Å². The summed E-state index contributed by atoms with van der Waals surface area (Å²) in [7, 11) is 0. The van der Waals surface area contributed by atoms with Crippen molar-refractivity contribution < 1.29 is 18.7 Å². The number of amides is 2. The Balaban J connectivity index is 2.02. The van der Waals surface area contributed by atoms with Crippen LogP contribution < -0.4 is 15.8 Å². The summed E-state index contributed by atoms with van der Waals surface area (Å²) in [6.45, 7) is 1.50. The minimum absolute atomic E-state index is 0.198. The van der Waals surface area contributed by atoms with Gasteiger partial charge in [0.25, 0.3) is 11.8 Å². The van der Waals surface area contributed by atoms with E-state index in [-0.39, 0.29) is 17.9 Å². The molecule has 0 atom stereocenters. The average Bonchev–Trinajstić information content (AvgIpc) is 2.45. The van der Waals surface area contributed by atoms with Gasteiger partial charge < -0.3 is 15.8 Å². The fraction of sp³-hybridized carbons (Fsp3) is 0.125. The molecular formula is C16H15FN2O3. The number of benzene rings is 2. The Bertz CT molecular complexity index is 716. The van der Waals surface area contributed by atoms with Crippen molar-refractivity contribution >= 4 is 17.5 Å². The van der Waals surface area contributed by atoms with Crippen LogP contribution in [0.5, 0.6) is 5.75 Å². The van der Waals surface area contributed by atoms with Gasteiger partial charge in [0, 0.05) is 5.69 Å². The topological polar surface area (TPSA) is 81.4 Å². The summed E-state index contributed by atoms with van der Waals surface area (Å²) in [5.41, 5.74) is 6.64. The molecule has 0 bridgehead atoms. The van der Waals surface area contributed by atoms with Crippen LogP contribution in [0.25, 0.3) is 0 Å². The standard InChI is InChI=1S/C16H15FN2O3/c1-10-5-6-13(16(18)21)14(7-10)22-9-15(20)19-12-4-2-3-11(17)8-12/h2-8H,9H2,1H3,(H2,18,21)(H,19,20). The third kappa shape index (κ3) is 4.05. The molecular weight excluding hydrogens is 287 g/mol. The summed E-state index contributed by atoms with van der Waals surface area (Å²) in [5.74, 6) is -1.32. The molecule has 0 aliphatic rings. The van der Waals surface area contributed by atoms with Gasteiger partial charge in [-0.25, -0.2) is 4.39 Å². The number of carbonyl (C=O) groups is 2. The van der Waals surface area contributed by atoms with E-state index in [1.165, 1.54) is 24.3 Å². The molecule has 2 rings (SSSR count). The molecule has 22 heavy (non-hydrogen) atoms. The Hall–Kier alpha value is -2.89. The summed E-state index contributed by atoms with van der Waals surface area (Å²) in [6, 6.07) is 10.4. The first kappa shape index (κ1) is 15.5. The number of anilines is 1. The highest BCUT2D eigenvalue weighted by Crippen LogP contribution is 2.20. The molecule has 114 valence electrons. The number of halogens is 1. The molecule has 0 saturated heterocycles. The van der Waals surface area contributed by atoms with Gasteiger partial charge in [-0.3, -0.25) is 9.59 Å². The lowest BCUT2D eigenvalue weighted by Crippen LogP contribution is -2.21. The van der Waals surface area contributed by atoms with Gasteiger partial charge in [0.2, 0.25) is 0 Å². The zero-order valence-corrected chi connectivity index (χ0v) is 11.9. The molecule has 0 aliphatic carbocycles. The number of ether oxygens (including phenoxy) is 1. The molecule has 0 spiro atoms. The summed E-state index contributed by atoms with van der Waals surface area (Å²) in [4.78, 5) is 23.1. The lowest BCUT2D eigenvalue weighted by molar-refractivity contribution is -0.118. The lowest BCUT2D eigenvalue weighted by Gasteiger charge is -2.11. The fourth-order valence-electron chi connectivity index (χ4n) is 1.86. The second kappa shape index (κ2) is 6.71. The summed E-state index contributed by atoms with van der Waals surface area (Å²) >= 11 is 0. The smallest absolute Gasteiger partial charge is 0.262 e. The highest BCUT2D eigenvalue weighted by Gasteiger charge is 2.11. The van der Waals surface area contributed by atoms with Crippen LogP contribution in [-0.2, 0) is 4.79 Å². The van der Waals surface area contributed by atoms with E-state index in [1.807, 2.05) is 6.92 Å². The minimum Gasteiger partial charge on any atom is -0.483 e. The molecule has 6 heteroatoms. The van der Waals surface area contributed by atoms with Crippen LogP contribution in [-0.4, -0.2) is 18.4 Å². The number of nitrogens with two attached hydrogens (primary N) is 1. The minimum atomic E-state index is -0.638. The van der Waals surface area contributed by atoms with Crippen LogP contribution in [0, 0.1) is 12.7 Å². The summed E-state index contributed by atoms with van der Waals surface area (Å²) in [5, 5.41) is 2.50. The van der Waals surface area contributed by atoms with Gasteiger partial charge in [0.05, 0.1) is 5.56 Å². The quantitative estimate of drug-likeness (QED) is 0.888. The highest BCUT2D eigenvalue weighted by molar-refractivity contribution is 5.96. The SMILES string of the molecule is Cc1ccc(C(N)=O)c(OCC(=O)Nc2cccc(F)c2)c1. The van der Waals surface area contributed by atoms with E-state index in [2.05, 4.69) is 5.32 Å². The molecule has 2 aromatic carbocycles. The van der Waals surface area contributed by atoms with Gasteiger partial charge in [-0.1, -0.05) is 12.1 Å². The number of rotatable bonds is 5. The Morgan fingerprint density at radius 1 is 1.23 bits per heavy atom. The van der Waals surface area contributed by atoms with Gasteiger partial charge >= 0.3 is 0 Å².